The highest BCUT2D eigenvalue weighted by Gasteiger charge is 2.93. The molecule has 4 heterocycles. The average Bonchev–Trinajstić information content (AvgIpc) is 3.12. The summed E-state index contributed by atoms with van der Waals surface area (Å²) in [7, 11) is 1.57. The third kappa shape index (κ3) is 2.56. The topological polar surface area (TPSA) is 88.7 Å². The third-order valence-electron chi connectivity index (χ3n) is 6.78. The van der Waals surface area contributed by atoms with E-state index < -0.39 is 29.2 Å². The Kier molecular flexibility index (Phi) is 4.27. The average molecular weight is 446 g/mol. The van der Waals surface area contributed by atoms with Gasteiger partial charge in [0.15, 0.2) is 0 Å². The fraction of sp³-hybridized carbons (Fsp3) is 0.320. The molecule has 8 heteroatoms. The van der Waals surface area contributed by atoms with Crippen LogP contribution in [0.5, 0.6) is 5.75 Å². The molecule has 2 aromatic rings. The van der Waals surface area contributed by atoms with E-state index in [4.69, 9.17) is 14.2 Å². The molecule has 168 valence electrons. The molecule has 0 bridgehead atoms. The van der Waals surface area contributed by atoms with Crippen LogP contribution in [0.1, 0.15) is 40.0 Å². The van der Waals surface area contributed by atoms with Gasteiger partial charge in [-0.15, -0.1) is 0 Å². The van der Waals surface area contributed by atoms with E-state index in [2.05, 4.69) is 0 Å². The van der Waals surface area contributed by atoms with Crippen molar-refractivity contribution in [1.29, 1.82) is 0 Å². The van der Waals surface area contributed by atoms with Gasteiger partial charge in [0.1, 0.15) is 5.75 Å². The van der Waals surface area contributed by atoms with E-state index >= 15 is 0 Å². The molecule has 3 amide bonds. The number of amides is 3. The number of hydrogen-bond donors (Lipinski definition) is 0. The van der Waals surface area contributed by atoms with Crippen LogP contribution in [0.15, 0.2) is 60.7 Å². The maximum absolute atomic E-state index is 13.5. The van der Waals surface area contributed by atoms with Gasteiger partial charge in [-0.3, -0.25) is 19.3 Å². The van der Waals surface area contributed by atoms with Crippen LogP contribution in [0.4, 0.5) is 5.69 Å². The summed E-state index contributed by atoms with van der Waals surface area (Å²) >= 11 is 0. The molecule has 0 spiro atoms. The summed E-state index contributed by atoms with van der Waals surface area (Å²) in [5.41, 5.74) is -1.77. The van der Waals surface area contributed by atoms with Crippen LogP contribution in [-0.2, 0) is 14.3 Å². The van der Waals surface area contributed by atoms with E-state index in [-0.39, 0.29) is 17.2 Å². The second kappa shape index (κ2) is 7.00. The van der Waals surface area contributed by atoms with Gasteiger partial charge < -0.3 is 14.2 Å². The molecule has 8 nitrogen and oxygen atoms in total. The molecular formula is C25H22N2O6. The molecule has 0 saturated carbocycles. The number of β-lactam (4-membered cyclic amide) rings is 1. The summed E-state index contributed by atoms with van der Waals surface area (Å²) in [6.07, 6.45) is 6.48. The van der Waals surface area contributed by atoms with E-state index in [0.29, 0.717) is 17.9 Å². The summed E-state index contributed by atoms with van der Waals surface area (Å²) in [6.45, 7) is 0.746. The number of hydrogen-bond acceptors (Lipinski definition) is 6. The van der Waals surface area contributed by atoms with E-state index in [1.54, 1.807) is 61.7 Å². The summed E-state index contributed by atoms with van der Waals surface area (Å²) in [6, 6.07) is 13.6. The Hall–Kier alpha value is -3.49. The molecule has 6 rings (SSSR count). The van der Waals surface area contributed by atoms with Crippen LogP contribution in [0.3, 0.4) is 0 Å². The molecule has 0 radical (unpaired) electrons. The normalized spacial score (nSPS) is 30.0. The summed E-state index contributed by atoms with van der Waals surface area (Å²) < 4.78 is 17.0. The lowest BCUT2D eigenvalue weighted by Gasteiger charge is -2.42. The molecule has 33 heavy (non-hydrogen) atoms. The lowest BCUT2D eigenvalue weighted by atomic mass is 9.91. The van der Waals surface area contributed by atoms with Crippen LogP contribution in [0.2, 0.25) is 0 Å². The lowest BCUT2D eigenvalue weighted by molar-refractivity contribution is -0.131. The number of fused-ring (bicyclic) bond motifs is 2. The fourth-order valence-electron chi connectivity index (χ4n) is 5.09. The van der Waals surface area contributed by atoms with Crippen LogP contribution >= 0.6 is 0 Å². The molecule has 0 N–H and O–H groups in total. The summed E-state index contributed by atoms with van der Waals surface area (Å²) in [5, 5.41) is 0. The standard InChI is InChI=1S/C25H22N2O6/c1-31-17-12-10-16(11-13-17)26-23(30)25(24(26,33-25)14-4-6-18-7-5-15-32-18)27-21(28)19-8-2-3-9-20(19)22(27)29/h2-4,8-14,18H,5-7,15H2,1H3/t18?,24-,25+/m0/s1. The Morgan fingerprint density at radius 2 is 1.73 bits per heavy atom. The molecule has 0 aliphatic carbocycles. The van der Waals surface area contributed by atoms with E-state index in [1.165, 1.54) is 4.90 Å². The Labute approximate surface area is 190 Å². The summed E-state index contributed by atoms with van der Waals surface area (Å²) in [4.78, 5) is 42.3. The quantitative estimate of drug-likeness (QED) is 0.293. The van der Waals surface area contributed by atoms with Crippen LogP contribution in [0.25, 0.3) is 0 Å². The number of imide groups is 1. The minimum absolute atomic E-state index is 0.121. The molecule has 2 aromatic carbocycles. The second-order valence-corrected chi connectivity index (χ2v) is 8.55. The van der Waals surface area contributed by atoms with Crippen LogP contribution in [-0.4, -0.2) is 53.9 Å². The van der Waals surface area contributed by atoms with Crippen molar-refractivity contribution in [2.75, 3.05) is 18.6 Å². The van der Waals surface area contributed by atoms with Crippen molar-refractivity contribution >= 4 is 23.4 Å². The first-order valence-electron chi connectivity index (χ1n) is 11.0. The maximum atomic E-state index is 13.5. The Bertz CT molecular complexity index is 1170. The zero-order chi connectivity index (χ0) is 22.8. The third-order valence-corrected chi connectivity index (χ3v) is 6.78. The van der Waals surface area contributed by atoms with Crippen molar-refractivity contribution in [2.24, 2.45) is 0 Å². The highest BCUT2D eigenvalue weighted by Crippen LogP contribution is 2.65. The monoisotopic (exact) mass is 446 g/mol. The fourth-order valence-corrected chi connectivity index (χ4v) is 5.09. The maximum Gasteiger partial charge on any atom is 0.289 e. The van der Waals surface area contributed by atoms with Gasteiger partial charge in [0.05, 0.1) is 24.3 Å². The smallest absolute Gasteiger partial charge is 0.289 e. The first kappa shape index (κ1) is 20.1. The van der Waals surface area contributed by atoms with Gasteiger partial charge >= 0.3 is 0 Å². The molecular weight excluding hydrogens is 424 g/mol. The second-order valence-electron chi connectivity index (χ2n) is 8.55. The molecule has 4 aliphatic rings. The molecule has 4 aliphatic heterocycles. The largest absolute Gasteiger partial charge is 0.497 e. The highest BCUT2D eigenvalue weighted by atomic mass is 16.7. The van der Waals surface area contributed by atoms with Crippen molar-refractivity contribution in [1.82, 2.24) is 4.90 Å². The van der Waals surface area contributed by atoms with Crippen molar-refractivity contribution < 1.29 is 28.6 Å². The Morgan fingerprint density at radius 3 is 2.33 bits per heavy atom. The number of carbonyl (C=O) groups is 3. The first-order chi connectivity index (χ1) is 16.0. The number of carbonyl (C=O) groups excluding carboxylic acids is 3. The van der Waals surface area contributed by atoms with Crippen molar-refractivity contribution in [2.45, 2.75) is 36.8 Å². The van der Waals surface area contributed by atoms with E-state index in [1.807, 2.05) is 6.08 Å². The van der Waals surface area contributed by atoms with Gasteiger partial charge in [-0.25, -0.2) is 4.90 Å². The summed E-state index contributed by atoms with van der Waals surface area (Å²) in [5.74, 6) is -0.845. The lowest BCUT2D eigenvalue weighted by Crippen LogP contribution is -2.71. The van der Waals surface area contributed by atoms with E-state index in [0.717, 1.165) is 24.3 Å². The number of epoxide rings is 1. The zero-order valence-corrected chi connectivity index (χ0v) is 18.0. The van der Waals surface area contributed by atoms with Gasteiger partial charge in [0.25, 0.3) is 23.4 Å². The molecule has 3 saturated heterocycles. The Morgan fingerprint density at radius 1 is 1.03 bits per heavy atom. The number of benzene rings is 2. The van der Waals surface area contributed by atoms with Crippen LogP contribution in [0, 0.1) is 0 Å². The van der Waals surface area contributed by atoms with Gasteiger partial charge in [-0.05, 0) is 61.7 Å². The molecule has 1 unspecified atom stereocenters. The van der Waals surface area contributed by atoms with Gasteiger partial charge in [-0.1, -0.05) is 18.2 Å². The van der Waals surface area contributed by atoms with Gasteiger partial charge in [-0.2, -0.15) is 0 Å². The minimum atomic E-state index is -1.67. The number of methoxy groups -OCH3 is 1. The number of rotatable bonds is 6. The highest BCUT2D eigenvalue weighted by molar-refractivity contribution is 6.27. The predicted molar refractivity (Wildman–Crippen MR) is 117 cm³/mol. The number of nitrogens with zero attached hydrogens (tertiary/aromatic N) is 2. The van der Waals surface area contributed by atoms with E-state index in [9.17, 15) is 14.4 Å². The Balaban J connectivity index is 1.37. The number of ether oxygens (including phenoxy) is 3. The number of anilines is 1. The van der Waals surface area contributed by atoms with Gasteiger partial charge in [0, 0.05) is 12.3 Å². The molecule has 0 aromatic heterocycles. The molecule has 3 fully saturated rings. The van der Waals surface area contributed by atoms with Crippen molar-refractivity contribution in [3.05, 3.63) is 71.8 Å². The first-order valence-corrected chi connectivity index (χ1v) is 11.0. The van der Waals surface area contributed by atoms with Crippen LogP contribution < -0.4 is 9.64 Å². The SMILES string of the molecule is COc1ccc(N2C(=O)[C@@]3(N4C(=O)c5ccccc5C4=O)O[C@]23C=CCC2CCCO2)cc1. The molecule has 3 atom stereocenters. The predicted octanol–water partition coefficient (Wildman–Crippen LogP) is 2.89. The zero-order valence-electron chi connectivity index (χ0n) is 18.0. The van der Waals surface area contributed by atoms with Crippen molar-refractivity contribution in [3.63, 3.8) is 0 Å². The minimum Gasteiger partial charge on any atom is -0.497 e. The van der Waals surface area contributed by atoms with Crippen molar-refractivity contribution in [3.8, 4) is 5.75 Å². The van der Waals surface area contributed by atoms with Gasteiger partial charge in [0.2, 0.25) is 5.72 Å².